The van der Waals surface area contributed by atoms with E-state index in [0.29, 0.717) is 39.1 Å². The summed E-state index contributed by atoms with van der Waals surface area (Å²) in [7, 11) is 0. The Balaban J connectivity index is 1.42. The molecule has 37 heavy (non-hydrogen) atoms. The average Bonchev–Trinajstić information content (AvgIpc) is 3.37. The summed E-state index contributed by atoms with van der Waals surface area (Å²) >= 11 is 0. The van der Waals surface area contributed by atoms with Gasteiger partial charge >= 0.3 is 0 Å². The van der Waals surface area contributed by atoms with Crippen LogP contribution >= 0.6 is 0 Å². The third-order valence-electron chi connectivity index (χ3n) is 5.97. The van der Waals surface area contributed by atoms with Gasteiger partial charge in [-0.25, -0.2) is 9.37 Å². The van der Waals surface area contributed by atoms with Gasteiger partial charge in [0.05, 0.1) is 17.1 Å². The maximum absolute atomic E-state index is 14.1. The monoisotopic (exact) mass is 489 g/mol. The Labute approximate surface area is 210 Å². The molecule has 6 aromatic rings. The molecule has 0 amide bonds. The lowest BCUT2D eigenvalue weighted by atomic mass is 10.2. The van der Waals surface area contributed by atoms with Crippen LogP contribution in [0.3, 0.4) is 0 Å². The van der Waals surface area contributed by atoms with Crippen molar-refractivity contribution in [2.75, 3.05) is 0 Å². The van der Waals surface area contributed by atoms with Crippen molar-refractivity contribution in [1.29, 1.82) is 0 Å². The quantitative estimate of drug-likeness (QED) is 0.254. The van der Waals surface area contributed by atoms with E-state index < -0.39 is 0 Å². The third-order valence-corrected chi connectivity index (χ3v) is 5.97. The summed E-state index contributed by atoms with van der Waals surface area (Å²) in [5.41, 5.74) is 1.96. The molecule has 180 valence electrons. The predicted octanol–water partition coefficient (Wildman–Crippen LogP) is 6.41. The predicted molar refractivity (Wildman–Crippen MR) is 141 cm³/mol. The summed E-state index contributed by atoms with van der Waals surface area (Å²) in [5, 5.41) is 5.83. The Bertz CT molecular complexity index is 1800. The van der Waals surface area contributed by atoms with Gasteiger partial charge in [-0.2, -0.15) is 9.78 Å². The molecule has 0 atom stereocenters. The maximum atomic E-state index is 14.1. The number of hydrogen-bond acceptors (Lipinski definition) is 5. The van der Waals surface area contributed by atoms with Crippen molar-refractivity contribution in [3.05, 3.63) is 130 Å². The molecule has 4 aromatic carbocycles. The number of ether oxygens (including phenoxy) is 1. The number of furan rings is 1. The smallest absolute Gasteiger partial charge is 0.282 e. The van der Waals surface area contributed by atoms with E-state index in [-0.39, 0.29) is 23.8 Å². The largest absolute Gasteiger partial charge is 0.488 e. The summed E-state index contributed by atoms with van der Waals surface area (Å²) < 4.78 is 27.2. The van der Waals surface area contributed by atoms with Crippen molar-refractivity contribution >= 4 is 28.1 Å². The SMILES string of the molecule is O=c1c2ccccc2nc(-c2cc3ccccc3o2)n1N=Cc1ccccc1OCc1ccccc1F. The van der Waals surface area contributed by atoms with Crippen molar-refractivity contribution < 1.29 is 13.5 Å². The van der Waals surface area contributed by atoms with Gasteiger partial charge in [0.25, 0.3) is 5.56 Å². The molecule has 2 heterocycles. The van der Waals surface area contributed by atoms with Crippen molar-refractivity contribution in [2.45, 2.75) is 6.61 Å². The number of benzene rings is 4. The molecule has 0 aliphatic heterocycles. The summed E-state index contributed by atoms with van der Waals surface area (Å²) in [6.07, 6.45) is 1.53. The van der Waals surface area contributed by atoms with Crippen molar-refractivity contribution in [3.8, 4) is 17.3 Å². The van der Waals surface area contributed by atoms with Crippen LogP contribution in [-0.4, -0.2) is 15.9 Å². The van der Waals surface area contributed by atoms with Gasteiger partial charge in [0, 0.05) is 16.5 Å². The number of para-hydroxylation sites is 3. The summed E-state index contributed by atoms with van der Waals surface area (Å²) in [4.78, 5) is 18.2. The molecule has 0 saturated heterocycles. The normalized spacial score (nSPS) is 11.5. The zero-order chi connectivity index (χ0) is 25.2. The Morgan fingerprint density at radius 1 is 0.919 bits per heavy atom. The molecule has 0 bridgehead atoms. The third kappa shape index (κ3) is 4.38. The molecule has 6 nitrogen and oxygen atoms in total. The number of rotatable bonds is 6. The summed E-state index contributed by atoms with van der Waals surface area (Å²) in [5.74, 6) is 0.866. The van der Waals surface area contributed by atoms with Crippen molar-refractivity contribution in [1.82, 2.24) is 9.66 Å². The van der Waals surface area contributed by atoms with Gasteiger partial charge in [-0.1, -0.05) is 60.7 Å². The van der Waals surface area contributed by atoms with Gasteiger partial charge in [0.2, 0.25) is 5.82 Å². The van der Waals surface area contributed by atoms with E-state index in [9.17, 15) is 9.18 Å². The number of halogens is 1. The van der Waals surface area contributed by atoms with Gasteiger partial charge < -0.3 is 9.15 Å². The second kappa shape index (κ2) is 9.54. The minimum Gasteiger partial charge on any atom is -0.488 e. The van der Waals surface area contributed by atoms with Crippen LogP contribution < -0.4 is 10.3 Å². The molecule has 0 aliphatic carbocycles. The second-order valence-electron chi connectivity index (χ2n) is 8.38. The topological polar surface area (TPSA) is 69.6 Å². The molecule has 0 unspecified atom stereocenters. The van der Waals surface area contributed by atoms with Gasteiger partial charge in [0.15, 0.2) is 5.76 Å². The fourth-order valence-corrected chi connectivity index (χ4v) is 4.09. The first-order chi connectivity index (χ1) is 18.2. The van der Waals surface area contributed by atoms with E-state index in [0.717, 1.165) is 5.39 Å². The lowest BCUT2D eigenvalue weighted by Crippen LogP contribution is -2.20. The maximum Gasteiger partial charge on any atom is 0.282 e. The van der Waals surface area contributed by atoms with Gasteiger partial charge in [-0.05, 0) is 42.5 Å². The molecule has 0 radical (unpaired) electrons. The van der Waals surface area contributed by atoms with Crippen LogP contribution in [0.15, 0.2) is 117 Å². The molecule has 7 heteroatoms. The van der Waals surface area contributed by atoms with Crippen LogP contribution in [-0.2, 0) is 6.61 Å². The molecule has 2 aromatic heterocycles. The van der Waals surface area contributed by atoms with Crippen LogP contribution in [0, 0.1) is 5.82 Å². The molecule has 0 spiro atoms. The van der Waals surface area contributed by atoms with Crippen molar-refractivity contribution in [3.63, 3.8) is 0 Å². The Morgan fingerprint density at radius 3 is 2.57 bits per heavy atom. The van der Waals surface area contributed by atoms with Crippen LogP contribution in [0.5, 0.6) is 5.75 Å². The Kier molecular flexibility index (Phi) is 5.78. The minimum absolute atomic E-state index is 0.0548. The molecular weight excluding hydrogens is 469 g/mol. The number of aromatic nitrogens is 2. The number of fused-ring (bicyclic) bond motifs is 2. The second-order valence-corrected chi connectivity index (χ2v) is 8.38. The van der Waals surface area contributed by atoms with Gasteiger partial charge in [-0.3, -0.25) is 4.79 Å². The zero-order valence-corrected chi connectivity index (χ0v) is 19.5. The van der Waals surface area contributed by atoms with E-state index >= 15 is 0 Å². The standard InChI is InChI=1S/C30H20FN3O3/c31-24-13-5-1-11-22(24)19-36-26-15-7-3-10-21(26)18-32-34-29(28-17-20-9-2-8-16-27(20)37-28)33-25-14-6-4-12-23(25)30(34)35/h1-18H,19H2. The highest BCUT2D eigenvalue weighted by molar-refractivity contribution is 5.85. The first kappa shape index (κ1) is 22.4. The molecule has 6 rings (SSSR count). The van der Waals surface area contributed by atoms with E-state index in [4.69, 9.17) is 14.1 Å². The molecule has 0 aliphatic rings. The number of hydrogen-bond donors (Lipinski definition) is 0. The van der Waals surface area contributed by atoms with Crippen molar-refractivity contribution in [2.24, 2.45) is 5.10 Å². The Morgan fingerprint density at radius 2 is 1.68 bits per heavy atom. The first-order valence-electron chi connectivity index (χ1n) is 11.7. The lowest BCUT2D eigenvalue weighted by Gasteiger charge is -2.10. The van der Waals surface area contributed by atoms with Crippen LogP contribution in [0.4, 0.5) is 4.39 Å². The lowest BCUT2D eigenvalue weighted by molar-refractivity contribution is 0.299. The highest BCUT2D eigenvalue weighted by atomic mass is 19.1. The average molecular weight is 490 g/mol. The molecular formula is C30H20FN3O3. The van der Waals surface area contributed by atoms with E-state index in [1.165, 1.54) is 17.0 Å². The molecule has 0 fully saturated rings. The van der Waals surface area contributed by atoms with E-state index in [1.54, 1.807) is 48.5 Å². The van der Waals surface area contributed by atoms with Crippen LogP contribution in [0.1, 0.15) is 11.1 Å². The highest BCUT2D eigenvalue weighted by Gasteiger charge is 2.16. The van der Waals surface area contributed by atoms with E-state index in [1.807, 2.05) is 48.5 Å². The fourth-order valence-electron chi connectivity index (χ4n) is 4.09. The van der Waals surface area contributed by atoms with E-state index in [2.05, 4.69) is 5.10 Å². The van der Waals surface area contributed by atoms with Crippen LogP contribution in [0.25, 0.3) is 33.5 Å². The molecule has 0 N–H and O–H groups in total. The summed E-state index contributed by atoms with van der Waals surface area (Å²) in [6.45, 7) is 0.0548. The molecule has 0 saturated carbocycles. The minimum atomic E-state index is -0.335. The Hall–Kier alpha value is -5.04. The van der Waals surface area contributed by atoms with Gasteiger partial charge in [0.1, 0.15) is 23.8 Å². The van der Waals surface area contributed by atoms with Gasteiger partial charge in [-0.15, -0.1) is 0 Å². The zero-order valence-electron chi connectivity index (χ0n) is 19.5. The van der Waals surface area contributed by atoms with Crippen LogP contribution in [0.2, 0.25) is 0 Å². The fraction of sp³-hybridized carbons (Fsp3) is 0.0333. The summed E-state index contributed by atoms with van der Waals surface area (Å²) in [6, 6.07) is 30.2. The first-order valence-corrected chi connectivity index (χ1v) is 11.7. The number of nitrogens with zero attached hydrogens (tertiary/aromatic N) is 3. The highest BCUT2D eigenvalue weighted by Crippen LogP contribution is 2.27.